The molecule has 0 aromatic heterocycles. The van der Waals surface area contributed by atoms with Gasteiger partial charge in [0.2, 0.25) is 0 Å². The second-order valence-electron chi connectivity index (χ2n) is 6.36. The third kappa shape index (κ3) is 4.63. The summed E-state index contributed by atoms with van der Waals surface area (Å²) in [4.78, 5) is 13.1. The lowest BCUT2D eigenvalue weighted by molar-refractivity contribution is -0.113. The molecule has 1 aliphatic heterocycles. The molecule has 0 spiro atoms. The Labute approximate surface area is 180 Å². The molecule has 8 heteroatoms. The number of para-hydroxylation sites is 1. The van der Waals surface area contributed by atoms with Crippen molar-refractivity contribution < 1.29 is 14.3 Å². The minimum atomic E-state index is -0.505. The lowest BCUT2D eigenvalue weighted by atomic mass is 9.94. The Morgan fingerprint density at radius 2 is 2.00 bits per heavy atom. The van der Waals surface area contributed by atoms with Gasteiger partial charge >= 0.3 is 0 Å². The van der Waals surface area contributed by atoms with Gasteiger partial charge in [-0.05, 0) is 55.9 Å². The van der Waals surface area contributed by atoms with E-state index in [4.69, 9.17) is 33.3 Å². The number of allylic oxidation sites excluding steroid dienone is 1. The maximum atomic E-state index is 13.1. The number of nitrogens with one attached hydrogen (secondary N) is 3. The van der Waals surface area contributed by atoms with Crippen molar-refractivity contribution in [2.75, 3.05) is 19.0 Å². The van der Waals surface area contributed by atoms with Gasteiger partial charge in [0, 0.05) is 11.4 Å². The molecule has 0 bridgehead atoms. The molecule has 2 aromatic rings. The maximum absolute atomic E-state index is 13.1. The van der Waals surface area contributed by atoms with Crippen LogP contribution in [0.2, 0.25) is 5.02 Å². The smallest absolute Gasteiger partial charge is 0.255 e. The standard InChI is InChI=1S/C21H22ClN3O3S/c1-4-28-19-15(22)10-13(11-16(19)27-3)18-17(12(2)23-21(29)25-18)20(26)24-14-8-6-5-7-9-14/h5-11,18H,4H2,1-3H3,(H,24,26)(H2,23,25,29)/t18-/m0/s1. The van der Waals surface area contributed by atoms with E-state index < -0.39 is 6.04 Å². The van der Waals surface area contributed by atoms with Crippen molar-refractivity contribution in [2.24, 2.45) is 0 Å². The number of benzene rings is 2. The normalized spacial score (nSPS) is 16.0. The molecule has 0 unspecified atom stereocenters. The highest BCUT2D eigenvalue weighted by atomic mass is 35.5. The van der Waals surface area contributed by atoms with E-state index in [2.05, 4.69) is 16.0 Å². The number of carbonyl (C=O) groups excluding carboxylic acids is 1. The Hall–Kier alpha value is -2.77. The molecular formula is C21H22ClN3O3S. The lowest BCUT2D eigenvalue weighted by Crippen LogP contribution is -2.45. The van der Waals surface area contributed by atoms with E-state index in [9.17, 15) is 4.79 Å². The predicted molar refractivity (Wildman–Crippen MR) is 119 cm³/mol. The van der Waals surface area contributed by atoms with Crippen LogP contribution < -0.4 is 25.4 Å². The zero-order valence-corrected chi connectivity index (χ0v) is 17.9. The number of hydrogen-bond acceptors (Lipinski definition) is 4. The number of methoxy groups -OCH3 is 1. The Morgan fingerprint density at radius 1 is 1.28 bits per heavy atom. The maximum Gasteiger partial charge on any atom is 0.255 e. The molecule has 1 heterocycles. The van der Waals surface area contributed by atoms with Crippen molar-refractivity contribution in [1.82, 2.24) is 10.6 Å². The van der Waals surface area contributed by atoms with Crippen LogP contribution in [0.25, 0.3) is 0 Å². The summed E-state index contributed by atoms with van der Waals surface area (Å²) in [5.41, 5.74) is 2.60. The first-order valence-corrected chi connectivity index (χ1v) is 9.88. The molecule has 0 radical (unpaired) electrons. The van der Waals surface area contributed by atoms with Gasteiger partial charge in [0.05, 0.1) is 30.4 Å². The average Bonchev–Trinajstić information content (AvgIpc) is 2.69. The lowest BCUT2D eigenvalue weighted by Gasteiger charge is -2.31. The highest BCUT2D eigenvalue weighted by Crippen LogP contribution is 2.40. The topological polar surface area (TPSA) is 71.6 Å². The summed E-state index contributed by atoms with van der Waals surface area (Å²) in [6.45, 7) is 4.14. The average molecular weight is 432 g/mol. The fraction of sp³-hybridized carbons (Fsp3) is 0.238. The summed E-state index contributed by atoms with van der Waals surface area (Å²) in [6, 6.07) is 12.3. The van der Waals surface area contributed by atoms with E-state index in [1.54, 1.807) is 19.2 Å². The third-order valence-corrected chi connectivity index (χ3v) is 4.92. The Kier molecular flexibility index (Phi) is 6.61. The van der Waals surface area contributed by atoms with Crippen molar-refractivity contribution in [1.29, 1.82) is 0 Å². The summed E-state index contributed by atoms with van der Waals surface area (Å²) < 4.78 is 11.0. The number of anilines is 1. The molecule has 3 rings (SSSR count). The Morgan fingerprint density at radius 3 is 2.66 bits per heavy atom. The Bertz CT molecular complexity index is 963. The summed E-state index contributed by atoms with van der Waals surface area (Å²) in [5, 5.41) is 9.92. The van der Waals surface area contributed by atoms with Gasteiger partial charge in [0.15, 0.2) is 16.6 Å². The molecule has 1 atom stereocenters. The molecule has 1 amide bonds. The van der Waals surface area contributed by atoms with Crippen LogP contribution >= 0.6 is 23.8 Å². The van der Waals surface area contributed by atoms with Gasteiger partial charge in [0.1, 0.15) is 0 Å². The van der Waals surface area contributed by atoms with Crippen molar-refractivity contribution in [3.8, 4) is 11.5 Å². The monoisotopic (exact) mass is 431 g/mol. The minimum absolute atomic E-state index is 0.245. The van der Waals surface area contributed by atoms with Gasteiger partial charge in [-0.2, -0.15) is 0 Å². The quantitative estimate of drug-likeness (QED) is 0.596. The summed E-state index contributed by atoms with van der Waals surface area (Å²) in [5.74, 6) is 0.708. The van der Waals surface area contributed by atoms with Crippen molar-refractivity contribution in [3.05, 3.63) is 64.3 Å². The van der Waals surface area contributed by atoms with E-state index in [1.807, 2.05) is 44.2 Å². The van der Waals surface area contributed by atoms with Crippen LogP contribution in [0.5, 0.6) is 11.5 Å². The predicted octanol–water partition coefficient (Wildman–Crippen LogP) is 4.18. The van der Waals surface area contributed by atoms with Crippen molar-refractivity contribution >= 4 is 40.5 Å². The van der Waals surface area contributed by atoms with Gasteiger partial charge < -0.3 is 25.4 Å². The van der Waals surface area contributed by atoms with E-state index in [0.29, 0.717) is 45.2 Å². The van der Waals surface area contributed by atoms with Gasteiger partial charge in [-0.3, -0.25) is 4.79 Å². The number of rotatable bonds is 6. The van der Waals surface area contributed by atoms with Crippen molar-refractivity contribution in [3.63, 3.8) is 0 Å². The van der Waals surface area contributed by atoms with E-state index in [0.717, 1.165) is 5.56 Å². The van der Waals surface area contributed by atoms with E-state index >= 15 is 0 Å². The number of amides is 1. The summed E-state index contributed by atoms with van der Waals surface area (Å²) >= 11 is 11.8. The molecule has 3 N–H and O–H groups in total. The zero-order valence-electron chi connectivity index (χ0n) is 16.3. The van der Waals surface area contributed by atoms with E-state index in [1.165, 1.54) is 0 Å². The number of halogens is 1. The van der Waals surface area contributed by atoms with Crippen LogP contribution in [-0.4, -0.2) is 24.7 Å². The van der Waals surface area contributed by atoms with Crippen molar-refractivity contribution in [2.45, 2.75) is 19.9 Å². The van der Waals surface area contributed by atoms with E-state index in [-0.39, 0.29) is 5.91 Å². The number of ether oxygens (including phenoxy) is 2. The fourth-order valence-electron chi connectivity index (χ4n) is 3.16. The van der Waals surface area contributed by atoms with Gasteiger partial charge in [-0.25, -0.2) is 0 Å². The number of carbonyl (C=O) groups is 1. The second-order valence-corrected chi connectivity index (χ2v) is 7.17. The molecule has 6 nitrogen and oxygen atoms in total. The number of thiocarbonyl (C=S) groups is 1. The molecule has 2 aromatic carbocycles. The van der Waals surface area contributed by atoms with Gasteiger partial charge in [0.25, 0.3) is 5.91 Å². The van der Waals surface area contributed by atoms with Crippen LogP contribution in [0.1, 0.15) is 25.5 Å². The first kappa shape index (κ1) is 21.0. The largest absolute Gasteiger partial charge is 0.493 e. The van der Waals surface area contributed by atoms with Crippen LogP contribution in [0.4, 0.5) is 5.69 Å². The van der Waals surface area contributed by atoms with Gasteiger partial charge in [-0.15, -0.1) is 0 Å². The highest BCUT2D eigenvalue weighted by molar-refractivity contribution is 7.80. The van der Waals surface area contributed by atoms with Crippen LogP contribution in [0, 0.1) is 0 Å². The molecule has 1 aliphatic rings. The fourth-order valence-corrected chi connectivity index (χ4v) is 3.70. The molecular weight excluding hydrogens is 410 g/mol. The van der Waals surface area contributed by atoms with Crippen LogP contribution in [0.15, 0.2) is 53.7 Å². The molecule has 0 saturated heterocycles. The first-order valence-electron chi connectivity index (χ1n) is 9.09. The highest BCUT2D eigenvalue weighted by Gasteiger charge is 2.31. The molecule has 152 valence electrons. The minimum Gasteiger partial charge on any atom is -0.493 e. The Balaban J connectivity index is 2.01. The zero-order chi connectivity index (χ0) is 21.0. The summed E-state index contributed by atoms with van der Waals surface area (Å²) in [7, 11) is 1.54. The van der Waals surface area contributed by atoms with Crippen LogP contribution in [-0.2, 0) is 4.79 Å². The van der Waals surface area contributed by atoms with Crippen LogP contribution in [0.3, 0.4) is 0 Å². The molecule has 0 saturated carbocycles. The molecule has 0 aliphatic carbocycles. The third-order valence-electron chi connectivity index (χ3n) is 4.42. The molecule has 29 heavy (non-hydrogen) atoms. The number of hydrogen-bond donors (Lipinski definition) is 3. The summed E-state index contributed by atoms with van der Waals surface area (Å²) in [6.07, 6.45) is 0. The second kappa shape index (κ2) is 9.15. The van der Waals surface area contributed by atoms with Gasteiger partial charge in [-0.1, -0.05) is 29.8 Å². The SMILES string of the molecule is CCOc1c(Cl)cc([C@@H]2NC(=S)NC(C)=C2C(=O)Nc2ccccc2)cc1OC. The first-order chi connectivity index (χ1) is 13.9. The molecule has 0 fully saturated rings.